The van der Waals surface area contributed by atoms with Gasteiger partial charge in [-0.3, -0.25) is 9.59 Å². The molecule has 0 spiro atoms. The van der Waals surface area contributed by atoms with Crippen LogP contribution in [-0.4, -0.2) is 22.2 Å². The Balaban J connectivity index is 1.58. The molecule has 0 heterocycles. The molecule has 3 aliphatic rings. The van der Waals surface area contributed by atoms with E-state index in [4.69, 9.17) is 0 Å². The summed E-state index contributed by atoms with van der Waals surface area (Å²) in [6.45, 7) is 0. The Bertz CT molecular complexity index is 473. The van der Waals surface area contributed by atoms with Crippen LogP contribution in [0.15, 0.2) is 0 Å². The Morgan fingerprint density at radius 2 is 0.929 bits per heavy atom. The minimum absolute atomic E-state index is 0.548. The molecule has 0 amide bonds. The van der Waals surface area contributed by atoms with Crippen LogP contribution in [0.3, 0.4) is 0 Å². The topological polar surface area (TPSA) is 74.6 Å². The quantitative estimate of drug-likeness (QED) is 0.499. The smallest absolute Gasteiger partial charge is 0.309 e. The first-order valence-electron chi connectivity index (χ1n) is 11.9. The van der Waals surface area contributed by atoms with Gasteiger partial charge in [0.2, 0.25) is 0 Å². The zero-order chi connectivity index (χ0) is 20.0. The van der Waals surface area contributed by atoms with Gasteiger partial charge in [-0.25, -0.2) is 0 Å². The number of rotatable bonds is 8. The SMILES string of the molecule is O=C(O)C1(CCC2CCCCC2)CCC(CCC2CCCCC2)(C(=O)O)CC1. The molecular formula is C24H40O4. The van der Waals surface area contributed by atoms with Gasteiger partial charge >= 0.3 is 11.9 Å². The molecule has 0 aliphatic heterocycles. The maximum atomic E-state index is 12.2. The third-order valence-corrected chi connectivity index (χ3v) is 8.58. The largest absolute Gasteiger partial charge is 0.481 e. The number of hydrogen-bond donors (Lipinski definition) is 2. The average Bonchev–Trinajstić information content (AvgIpc) is 2.73. The standard InChI is InChI=1S/C24H40O4/c25-21(26)23(13-11-19-7-3-1-4-8-19)15-17-24(18-16-23,22(27)28)14-12-20-9-5-2-6-10-20/h19-20H,1-18H2,(H,25,26)(H,27,28). The molecule has 3 aliphatic carbocycles. The Morgan fingerprint density at radius 3 is 1.21 bits per heavy atom. The van der Waals surface area contributed by atoms with Gasteiger partial charge in [0.05, 0.1) is 10.8 Å². The van der Waals surface area contributed by atoms with Crippen molar-refractivity contribution in [2.45, 2.75) is 116 Å². The van der Waals surface area contributed by atoms with Crippen LogP contribution in [0.1, 0.15) is 116 Å². The predicted molar refractivity (Wildman–Crippen MR) is 110 cm³/mol. The fraction of sp³-hybridized carbons (Fsp3) is 0.917. The van der Waals surface area contributed by atoms with Crippen LogP contribution >= 0.6 is 0 Å². The molecule has 2 N–H and O–H groups in total. The average molecular weight is 393 g/mol. The fourth-order valence-electron chi connectivity index (χ4n) is 6.26. The van der Waals surface area contributed by atoms with Crippen LogP contribution in [0, 0.1) is 22.7 Å². The molecule has 4 nitrogen and oxygen atoms in total. The molecule has 0 atom stereocenters. The molecule has 0 saturated heterocycles. The zero-order valence-electron chi connectivity index (χ0n) is 17.6. The van der Waals surface area contributed by atoms with Crippen molar-refractivity contribution in [1.82, 2.24) is 0 Å². The number of hydrogen-bond acceptors (Lipinski definition) is 2. The van der Waals surface area contributed by atoms with Crippen LogP contribution in [0.4, 0.5) is 0 Å². The van der Waals surface area contributed by atoms with Gasteiger partial charge in [0.1, 0.15) is 0 Å². The summed E-state index contributed by atoms with van der Waals surface area (Å²) in [6, 6.07) is 0. The lowest BCUT2D eigenvalue weighted by Crippen LogP contribution is -2.43. The molecular weight excluding hydrogens is 352 g/mol. The van der Waals surface area contributed by atoms with Gasteiger partial charge in [-0.2, -0.15) is 0 Å². The van der Waals surface area contributed by atoms with Crippen molar-refractivity contribution in [3.05, 3.63) is 0 Å². The third-order valence-electron chi connectivity index (χ3n) is 8.58. The third kappa shape index (κ3) is 5.10. The lowest BCUT2D eigenvalue weighted by Gasteiger charge is -2.43. The van der Waals surface area contributed by atoms with E-state index in [0.717, 1.165) is 25.7 Å². The first-order valence-corrected chi connectivity index (χ1v) is 11.9. The van der Waals surface area contributed by atoms with Gasteiger partial charge in [-0.1, -0.05) is 64.2 Å². The van der Waals surface area contributed by atoms with E-state index in [2.05, 4.69) is 0 Å². The normalized spacial score (nSPS) is 32.9. The van der Waals surface area contributed by atoms with Gasteiger partial charge in [0, 0.05) is 0 Å². The van der Waals surface area contributed by atoms with E-state index in [1.807, 2.05) is 0 Å². The van der Waals surface area contributed by atoms with Crippen molar-refractivity contribution in [2.75, 3.05) is 0 Å². The van der Waals surface area contributed by atoms with Crippen LogP contribution in [0.25, 0.3) is 0 Å². The lowest BCUT2D eigenvalue weighted by molar-refractivity contribution is -0.162. The molecule has 4 heteroatoms. The predicted octanol–water partition coefficient (Wildman–Crippen LogP) is 6.42. The summed E-state index contributed by atoms with van der Waals surface area (Å²) in [4.78, 5) is 24.4. The highest BCUT2D eigenvalue weighted by atomic mass is 16.4. The van der Waals surface area contributed by atoms with E-state index < -0.39 is 22.8 Å². The Morgan fingerprint density at radius 1 is 0.607 bits per heavy atom. The number of aliphatic carboxylic acids is 2. The monoisotopic (exact) mass is 392 g/mol. The summed E-state index contributed by atoms with van der Waals surface area (Å²) < 4.78 is 0. The van der Waals surface area contributed by atoms with Gasteiger partial charge in [-0.15, -0.1) is 0 Å². The zero-order valence-corrected chi connectivity index (χ0v) is 17.6. The van der Waals surface area contributed by atoms with Crippen molar-refractivity contribution in [2.24, 2.45) is 22.7 Å². The summed E-state index contributed by atoms with van der Waals surface area (Å²) in [6.07, 6.45) is 18.5. The molecule has 0 unspecified atom stereocenters. The van der Waals surface area contributed by atoms with Crippen molar-refractivity contribution in [1.29, 1.82) is 0 Å². The molecule has 0 bridgehead atoms. The molecule has 0 aromatic rings. The van der Waals surface area contributed by atoms with E-state index in [-0.39, 0.29) is 0 Å². The van der Waals surface area contributed by atoms with Crippen molar-refractivity contribution < 1.29 is 19.8 Å². The summed E-state index contributed by atoms with van der Waals surface area (Å²) >= 11 is 0. The number of carboxylic acid groups (broad SMARTS) is 2. The molecule has 0 radical (unpaired) electrons. The summed E-state index contributed by atoms with van der Waals surface area (Å²) in [5.41, 5.74) is -1.36. The molecule has 0 aromatic heterocycles. The second-order valence-electron chi connectivity index (χ2n) is 10.3. The van der Waals surface area contributed by atoms with Crippen LogP contribution in [-0.2, 0) is 9.59 Å². The fourth-order valence-corrected chi connectivity index (χ4v) is 6.26. The first-order chi connectivity index (χ1) is 13.5. The highest BCUT2D eigenvalue weighted by molar-refractivity contribution is 5.78. The van der Waals surface area contributed by atoms with Crippen molar-refractivity contribution >= 4 is 11.9 Å². The molecule has 28 heavy (non-hydrogen) atoms. The molecule has 0 aromatic carbocycles. The summed E-state index contributed by atoms with van der Waals surface area (Å²) in [5.74, 6) is -0.00553. The Hall–Kier alpha value is -1.06. The van der Waals surface area contributed by atoms with Gasteiger partial charge < -0.3 is 10.2 Å². The van der Waals surface area contributed by atoms with E-state index in [9.17, 15) is 19.8 Å². The van der Waals surface area contributed by atoms with E-state index in [0.29, 0.717) is 37.5 Å². The Labute approximate surface area is 170 Å². The first kappa shape index (κ1) is 21.6. The molecule has 160 valence electrons. The second-order valence-corrected chi connectivity index (χ2v) is 10.3. The maximum Gasteiger partial charge on any atom is 0.309 e. The molecule has 3 fully saturated rings. The van der Waals surface area contributed by atoms with Crippen LogP contribution in [0.2, 0.25) is 0 Å². The summed E-state index contributed by atoms with van der Waals surface area (Å²) in [7, 11) is 0. The van der Waals surface area contributed by atoms with Crippen LogP contribution in [0.5, 0.6) is 0 Å². The number of carbonyl (C=O) groups is 2. The lowest BCUT2D eigenvalue weighted by atomic mass is 9.59. The van der Waals surface area contributed by atoms with Crippen molar-refractivity contribution in [3.63, 3.8) is 0 Å². The highest BCUT2D eigenvalue weighted by Gasteiger charge is 2.50. The molecule has 3 rings (SSSR count). The van der Waals surface area contributed by atoms with Crippen LogP contribution < -0.4 is 0 Å². The highest BCUT2D eigenvalue weighted by Crippen LogP contribution is 2.51. The Kier molecular flexibility index (Phi) is 7.44. The number of carboxylic acids is 2. The van der Waals surface area contributed by atoms with Gasteiger partial charge in [0.15, 0.2) is 0 Å². The minimum atomic E-state index is -0.686. The minimum Gasteiger partial charge on any atom is -0.481 e. The summed E-state index contributed by atoms with van der Waals surface area (Å²) in [5, 5.41) is 20.0. The van der Waals surface area contributed by atoms with E-state index in [1.165, 1.54) is 64.2 Å². The maximum absolute atomic E-state index is 12.2. The molecule has 3 saturated carbocycles. The van der Waals surface area contributed by atoms with E-state index in [1.54, 1.807) is 0 Å². The van der Waals surface area contributed by atoms with Crippen molar-refractivity contribution in [3.8, 4) is 0 Å². The van der Waals surface area contributed by atoms with Gasteiger partial charge in [-0.05, 0) is 63.2 Å². The van der Waals surface area contributed by atoms with E-state index >= 15 is 0 Å². The second kappa shape index (κ2) is 9.63. The van der Waals surface area contributed by atoms with Gasteiger partial charge in [0.25, 0.3) is 0 Å².